The molecule has 98 valence electrons. The number of nitrogens with one attached hydrogen (secondary N) is 2. The third-order valence-corrected chi connectivity index (χ3v) is 2.42. The molecule has 1 aromatic rings. The molecule has 2 amide bonds. The molecular formula is C10H9Cl2FN2O3. The van der Waals surface area contributed by atoms with Crippen molar-refractivity contribution in [2.75, 3.05) is 11.9 Å². The van der Waals surface area contributed by atoms with Crippen LogP contribution in [-0.2, 0) is 4.79 Å². The Morgan fingerprint density at radius 2 is 1.83 bits per heavy atom. The number of carboxylic acids is 1. The predicted octanol–water partition coefficient (Wildman–Crippen LogP) is 2.73. The molecule has 0 saturated heterocycles. The van der Waals surface area contributed by atoms with E-state index in [2.05, 4.69) is 10.6 Å². The number of carbonyl (C=O) groups is 2. The van der Waals surface area contributed by atoms with Gasteiger partial charge in [-0.2, -0.15) is 0 Å². The summed E-state index contributed by atoms with van der Waals surface area (Å²) in [5.74, 6) is -1.79. The summed E-state index contributed by atoms with van der Waals surface area (Å²) in [5, 5.41) is 12.6. The van der Waals surface area contributed by atoms with E-state index in [0.29, 0.717) is 0 Å². The highest BCUT2D eigenvalue weighted by Gasteiger charge is 2.09. The molecule has 1 rings (SSSR count). The Bertz CT molecular complexity index is 459. The molecule has 8 heteroatoms. The highest BCUT2D eigenvalue weighted by Crippen LogP contribution is 2.27. The number of benzene rings is 1. The molecule has 0 atom stereocenters. The van der Waals surface area contributed by atoms with E-state index in [1.54, 1.807) is 0 Å². The molecule has 0 fully saturated rings. The van der Waals surface area contributed by atoms with Gasteiger partial charge in [0, 0.05) is 12.2 Å². The van der Waals surface area contributed by atoms with Crippen LogP contribution in [0.15, 0.2) is 12.1 Å². The summed E-state index contributed by atoms with van der Waals surface area (Å²) < 4.78 is 13.1. The van der Waals surface area contributed by atoms with Crippen LogP contribution in [0.3, 0.4) is 0 Å². The fraction of sp³-hybridized carbons (Fsp3) is 0.200. The molecule has 5 nitrogen and oxygen atoms in total. The molecule has 0 aliphatic heterocycles. The second-order valence-electron chi connectivity index (χ2n) is 3.28. The van der Waals surface area contributed by atoms with Crippen LogP contribution in [0, 0.1) is 5.82 Å². The molecule has 0 bridgehead atoms. The summed E-state index contributed by atoms with van der Waals surface area (Å²) in [5.41, 5.74) is 0.208. The predicted molar refractivity (Wildman–Crippen MR) is 65.7 cm³/mol. The topological polar surface area (TPSA) is 78.4 Å². The quantitative estimate of drug-likeness (QED) is 0.747. The number of halogens is 3. The minimum absolute atomic E-state index is 0.0240. The molecule has 3 N–H and O–H groups in total. The van der Waals surface area contributed by atoms with Gasteiger partial charge in [-0.25, -0.2) is 9.18 Å². The van der Waals surface area contributed by atoms with Crippen molar-refractivity contribution in [3.8, 4) is 0 Å². The maximum absolute atomic E-state index is 13.1. The highest BCUT2D eigenvalue weighted by molar-refractivity contribution is 6.35. The van der Waals surface area contributed by atoms with Crippen LogP contribution in [0.25, 0.3) is 0 Å². The van der Waals surface area contributed by atoms with Crippen LogP contribution in [-0.4, -0.2) is 23.7 Å². The van der Waals surface area contributed by atoms with E-state index in [-0.39, 0.29) is 28.7 Å². The Kier molecular flexibility index (Phi) is 5.18. The second kappa shape index (κ2) is 6.42. The summed E-state index contributed by atoms with van der Waals surface area (Å²) in [6.07, 6.45) is -0.196. The van der Waals surface area contributed by atoms with Crippen LogP contribution in [0.4, 0.5) is 14.9 Å². The molecule has 0 saturated carbocycles. The molecule has 1 aromatic carbocycles. The lowest BCUT2D eigenvalue weighted by Gasteiger charge is -2.08. The van der Waals surface area contributed by atoms with Crippen molar-refractivity contribution >= 4 is 40.9 Å². The summed E-state index contributed by atoms with van der Waals surface area (Å²) in [6, 6.07) is 1.76. The van der Waals surface area contributed by atoms with Crippen LogP contribution in [0.2, 0.25) is 10.0 Å². The smallest absolute Gasteiger partial charge is 0.319 e. The number of carboxylic acid groups (broad SMARTS) is 1. The number of hydrogen-bond acceptors (Lipinski definition) is 2. The zero-order valence-electron chi connectivity index (χ0n) is 8.97. The standard InChI is InChI=1S/C10H9Cl2FN2O3/c11-6-3-5(4-7(12)9(6)13)15-10(18)14-2-1-8(16)17/h3-4H,1-2H2,(H,16,17)(H2,14,15,18). The molecule has 0 aliphatic rings. The molecule has 0 radical (unpaired) electrons. The van der Waals surface area contributed by atoms with Gasteiger partial charge in [0.2, 0.25) is 0 Å². The van der Waals surface area contributed by atoms with Crippen molar-refractivity contribution < 1.29 is 19.1 Å². The van der Waals surface area contributed by atoms with E-state index >= 15 is 0 Å². The molecule has 0 spiro atoms. The van der Waals surface area contributed by atoms with Crippen molar-refractivity contribution in [1.82, 2.24) is 5.32 Å². The monoisotopic (exact) mass is 294 g/mol. The Balaban J connectivity index is 2.57. The lowest BCUT2D eigenvalue weighted by atomic mass is 10.3. The number of urea groups is 1. The zero-order chi connectivity index (χ0) is 13.7. The van der Waals surface area contributed by atoms with Crippen molar-refractivity contribution in [3.63, 3.8) is 0 Å². The van der Waals surface area contributed by atoms with Gasteiger partial charge in [0.25, 0.3) is 0 Å². The minimum Gasteiger partial charge on any atom is -0.481 e. The first-order valence-corrected chi connectivity index (χ1v) is 5.57. The van der Waals surface area contributed by atoms with Gasteiger partial charge >= 0.3 is 12.0 Å². The third kappa shape index (κ3) is 4.38. The van der Waals surface area contributed by atoms with E-state index in [1.807, 2.05) is 0 Å². The van der Waals surface area contributed by atoms with Gasteiger partial charge in [-0.05, 0) is 12.1 Å². The maximum Gasteiger partial charge on any atom is 0.319 e. The first kappa shape index (κ1) is 14.5. The number of rotatable bonds is 4. The number of carbonyl (C=O) groups excluding carboxylic acids is 1. The summed E-state index contributed by atoms with van der Waals surface area (Å²) in [7, 11) is 0. The molecular weight excluding hydrogens is 286 g/mol. The summed E-state index contributed by atoms with van der Waals surface area (Å²) in [4.78, 5) is 21.5. The third-order valence-electron chi connectivity index (χ3n) is 1.87. The molecule has 0 aliphatic carbocycles. The molecule has 0 aromatic heterocycles. The average molecular weight is 295 g/mol. The van der Waals surface area contributed by atoms with E-state index in [0.717, 1.165) is 0 Å². The summed E-state index contributed by atoms with van der Waals surface area (Å²) in [6.45, 7) is -0.0240. The maximum atomic E-state index is 13.1. The Morgan fingerprint density at radius 1 is 1.28 bits per heavy atom. The van der Waals surface area contributed by atoms with Crippen LogP contribution in [0.5, 0.6) is 0 Å². The van der Waals surface area contributed by atoms with Gasteiger partial charge in [0.15, 0.2) is 5.82 Å². The van der Waals surface area contributed by atoms with Gasteiger partial charge < -0.3 is 15.7 Å². The lowest BCUT2D eigenvalue weighted by Crippen LogP contribution is -2.30. The SMILES string of the molecule is O=C(O)CCNC(=O)Nc1cc(Cl)c(F)c(Cl)c1. The first-order chi connectivity index (χ1) is 8.40. The fourth-order valence-corrected chi connectivity index (χ4v) is 1.57. The Morgan fingerprint density at radius 3 is 2.33 bits per heavy atom. The Hall–Kier alpha value is -1.53. The van der Waals surface area contributed by atoms with Crippen LogP contribution >= 0.6 is 23.2 Å². The lowest BCUT2D eigenvalue weighted by molar-refractivity contribution is -0.136. The van der Waals surface area contributed by atoms with Gasteiger partial charge in [0.1, 0.15) is 0 Å². The fourth-order valence-electron chi connectivity index (χ4n) is 1.09. The largest absolute Gasteiger partial charge is 0.481 e. The van der Waals surface area contributed by atoms with Gasteiger partial charge in [-0.15, -0.1) is 0 Å². The number of hydrogen-bond donors (Lipinski definition) is 3. The van der Waals surface area contributed by atoms with Gasteiger partial charge in [-0.1, -0.05) is 23.2 Å². The van der Waals surface area contributed by atoms with Crippen molar-refractivity contribution in [1.29, 1.82) is 0 Å². The van der Waals surface area contributed by atoms with Crippen LogP contribution < -0.4 is 10.6 Å². The van der Waals surface area contributed by atoms with E-state index in [4.69, 9.17) is 28.3 Å². The van der Waals surface area contributed by atoms with Crippen molar-refractivity contribution in [3.05, 3.63) is 28.0 Å². The van der Waals surface area contributed by atoms with Gasteiger partial charge in [-0.3, -0.25) is 4.79 Å². The molecule has 0 unspecified atom stereocenters. The van der Waals surface area contributed by atoms with E-state index < -0.39 is 17.8 Å². The number of anilines is 1. The van der Waals surface area contributed by atoms with E-state index in [9.17, 15) is 14.0 Å². The molecule has 18 heavy (non-hydrogen) atoms. The van der Waals surface area contributed by atoms with Crippen molar-refractivity contribution in [2.24, 2.45) is 0 Å². The summed E-state index contributed by atoms with van der Waals surface area (Å²) >= 11 is 11.1. The number of aliphatic carboxylic acids is 1. The Labute approximate surface area is 112 Å². The normalized spacial score (nSPS) is 9.94. The minimum atomic E-state index is -1.02. The molecule has 0 heterocycles. The van der Waals surface area contributed by atoms with Crippen molar-refractivity contribution in [2.45, 2.75) is 6.42 Å². The van der Waals surface area contributed by atoms with E-state index in [1.165, 1.54) is 12.1 Å². The highest BCUT2D eigenvalue weighted by atomic mass is 35.5. The average Bonchev–Trinajstić information content (AvgIpc) is 2.25. The van der Waals surface area contributed by atoms with Crippen LogP contribution in [0.1, 0.15) is 6.42 Å². The van der Waals surface area contributed by atoms with Gasteiger partial charge in [0.05, 0.1) is 16.5 Å². The second-order valence-corrected chi connectivity index (χ2v) is 4.09. The zero-order valence-corrected chi connectivity index (χ0v) is 10.5. The first-order valence-electron chi connectivity index (χ1n) is 4.81. The number of amides is 2.